The average molecular weight is 532 g/mol. The highest BCUT2D eigenvalue weighted by atomic mass is 19.3. The van der Waals surface area contributed by atoms with Crippen molar-refractivity contribution in [2.75, 3.05) is 19.7 Å². The van der Waals surface area contributed by atoms with Crippen LogP contribution in [0.1, 0.15) is 47.8 Å². The zero-order chi connectivity index (χ0) is 27.1. The Morgan fingerprint density at radius 3 is 2.71 bits per heavy atom. The molecule has 12 heteroatoms. The van der Waals surface area contributed by atoms with E-state index in [1.807, 2.05) is 0 Å². The number of carbonyl (C=O) groups is 2. The Bertz CT molecular complexity index is 1370. The smallest absolute Gasteiger partial charge is 0.263 e. The van der Waals surface area contributed by atoms with Crippen LogP contribution in [-0.4, -0.2) is 74.8 Å². The topological polar surface area (TPSA) is 120 Å². The first-order valence-corrected chi connectivity index (χ1v) is 12.4. The molecule has 1 saturated carbocycles. The number of carbonyl (C=O) groups excluding carboxylic acids is 2. The third kappa shape index (κ3) is 5.04. The average Bonchev–Trinajstić information content (AvgIpc) is 3.55. The number of aliphatic hydroxyl groups is 1. The number of nitrogens with one attached hydrogen (secondary N) is 2. The molecule has 3 aromatic rings. The molecular weight excluding hydrogens is 503 g/mol. The van der Waals surface area contributed by atoms with E-state index in [2.05, 4.69) is 20.3 Å². The molecule has 2 fully saturated rings. The molecule has 0 radical (unpaired) electrons. The Hall–Kier alpha value is -3.67. The molecule has 3 N–H and O–H groups in total. The molecule has 2 aromatic heterocycles. The first-order valence-electron chi connectivity index (χ1n) is 12.4. The lowest BCUT2D eigenvalue weighted by Gasteiger charge is -2.18. The molecule has 5 rings (SSSR count). The summed E-state index contributed by atoms with van der Waals surface area (Å²) in [6.45, 7) is 3.09. The number of halogens is 3. The quantitative estimate of drug-likeness (QED) is 0.410. The number of fused-ring (bicyclic) bond motifs is 1. The number of H-pyrrole nitrogens is 1. The van der Waals surface area contributed by atoms with Crippen molar-refractivity contribution in [2.24, 2.45) is 5.92 Å². The van der Waals surface area contributed by atoms with Crippen molar-refractivity contribution in [3.63, 3.8) is 0 Å². The lowest BCUT2D eigenvalue weighted by molar-refractivity contribution is -0.138. The molecule has 38 heavy (non-hydrogen) atoms. The van der Waals surface area contributed by atoms with Crippen LogP contribution >= 0.6 is 0 Å². The van der Waals surface area contributed by atoms with Crippen LogP contribution in [0.2, 0.25) is 0 Å². The number of likely N-dealkylation sites (tertiary alicyclic amines) is 1. The number of amides is 2. The summed E-state index contributed by atoms with van der Waals surface area (Å²) in [5, 5.41) is 12.1. The fourth-order valence-electron chi connectivity index (χ4n) is 4.67. The molecule has 3 atom stereocenters. The number of rotatable bonds is 8. The van der Waals surface area contributed by atoms with Gasteiger partial charge in [0.2, 0.25) is 0 Å². The van der Waals surface area contributed by atoms with E-state index < -0.39 is 36.6 Å². The van der Waals surface area contributed by atoms with E-state index in [-0.39, 0.29) is 29.7 Å². The summed E-state index contributed by atoms with van der Waals surface area (Å²) >= 11 is 0. The van der Waals surface area contributed by atoms with E-state index >= 15 is 0 Å². The van der Waals surface area contributed by atoms with Crippen molar-refractivity contribution < 1.29 is 32.6 Å². The second-order valence-corrected chi connectivity index (χ2v) is 9.90. The van der Waals surface area contributed by atoms with Gasteiger partial charge in [-0.2, -0.15) is 0 Å². The van der Waals surface area contributed by atoms with Crippen molar-refractivity contribution in [3.05, 3.63) is 41.3 Å². The summed E-state index contributed by atoms with van der Waals surface area (Å²) in [6, 6.07) is 3.16. The number of ether oxygens (including phenoxy) is 1. The largest absolute Gasteiger partial charge is 0.493 e. The molecule has 1 aliphatic heterocycles. The maximum atomic E-state index is 14.6. The van der Waals surface area contributed by atoms with E-state index in [4.69, 9.17) is 4.74 Å². The summed E-state index contributed by atoms with van der Waals surface area (Å²) in [4.78, 5) is 38.2. The Morgan fingerprint density at radius 2 is 2.03 bits per heavy atom. The van der Waals surface area contributed by atoms with Crippen molar-refractivity contribution in [1.82, 2.24) is 25.2 Å². The second-order valence-electron chi connectivity index (χ2n) is 9.90. The number of benzene rings is 1. The SMILES string of the molecule is Cc1[nH]c2c(-c3cc(C(F)F)ccc3OCC3CC3)ncnc2c1C(=O)N[C@@H]1CN(C(=O)[C@H](C)O)C[C@H]1F. The minimum Gasteiger partial charge on any atom is -0.493 e. The van der Waals surface area contributed by atoms with Crippen molar-refractivity contribution in [1.29, 1.82) is 0 Å². The van der Waals surface area contributed by atoms with Crippen molar-refractivity contribution in [3.8, 4) is 17.0 Å². The van der Waals surface area contributed by atoms with Gasteiger partial charge in [0, 0.05) is 23.4 Å². The highest BCUT2D eigenvalue weighted by Crippen LogP contribution is 2.38. The number of aromatic nitrogens is 3. The summed E-state index contributed by atoms with van der Waals surface area (Å²) in [5.74, 6) is -0.388. The number of nitrogens with zero attached hydrogens (tertiary/aromatic N) is 3. The van der Waals surface area contributed by atoms with Crippen LogP contribution in [-0.2, 0) is 4.79 Å². The Balaban J connectivity index is 1.47. The van der Waals surface area contributed by atoms with Gasteiger partial charge in [0.15, 0.2) is 0 Å². The van der Waals surface area contributed by atoms with Gasteiger partial charge in [0.25, 0.3) is 18.2 Å². The van der Waals surface area contributed by atoms with Gasteiger partial charge in [-0.15, -0.1) is 0 Å². The predicted molar refractivity (Wildman–Crippen MR) is 132 cm³/mol. The fourth-order valence-corrected chi connectivity index (χ4v) is 4.67. The highest BCUT2D eigenvalue weighted by Gasteiger charge is 2.38. The van der Waals surface area contributed by atoms with Crippen LogP contribution in [0.3, 0.4) is 0 Å². The summed E-state index contributed by atoms with van der Waals surface area (Å²) in [5.41, 5.74) is 1.62. The maximum absolute atomic E-state index is 14.6. The van der Waals surface area contributed by atoms with Gasteiger partial charge in [-0.05, 0) is 50.8 Å². The Kier molecular flexibility index (Phi) is 6.99. The van der Waals surface area contributed by atoms with Gasteiger partial charge in [-0.25, -0.2) is 23.1 Å². The second kappa shape index (κ2) is 10.2. The fraction of sp³-hybridized carbons (Fsp3) is 0.462. The molecule has 1 aromatic carbocycles. The summed E-state index contributed by atoms with van der Waals surface area (Å²) < 4.78 is 47.7. The molecule has 202 valence electrons. The summed E-state index contributed by atoms with van der Waals surface area (Å²) in [6.07, 6.45) is -2.14. The van der Waals surface area contributed by atoms with Crippen LogP contribution in [0, 0.1) is 12.8 Å². The van der Waals surface area contributed by atoms with Gasteiger partial charge in [-0.3, -0.25) is 9.59 Å². The van der Waals surface area contributed by atoms with Gasteiger partial charge >= 0.3 is 0 Å². The molecule has 3 heterocycles. The first-order chi connectivity index (χ1) is 18.1. The first kappa shape index (κ1) is 26.0. The van der Waals surface area contributed by atoms with E-state index in [1.165, 1.54) is 36.4 Å². The summed E-state index contributed by atoms with van der Waals surface area (Å²) in [7, 11) is 0. The number of alkyl halides is 3. The van der Waals surface area contributed by atoms with Gasteiger partial charge in [0.1, 0.15) is 35.6 Å². The molecule has 2 aliphatic rings. The monoisotopic (exact) mass is 531 g/mol. The van der Waals surface area contributed by atoms with Crippen LogP contribution < -0.4 is 10.1 Å². The van der Waals surface area contributed by atoms with Crippen LogP contribution in [0.25, 0.3) is 22.3 Å². The van der Waals surface area contributed by atoms with Gasteiger partial charge in [-0.1, -0.05) is 0 Å². The molecule has 0 spiro atoms. The number of aliphatic hydroxyl groups excluding tert-OH is 1. The highest BCUT2D eigenvalue weighted by molar-refractivity contribution is 6.09. The Labute approximate surface area is 216 Å². The molecule has 2 amide bonds. The maximum Gasteiger partial charge on any atom is 0.263 e. The minimum absolute atomic E-state index is 0.0829. The zero-order valence-corrected chi connectivity index (χ0v) is 20.9. The lowest BCUT2D eigenvalue weighted by Crippen LogP contribution is -2.42. The molecule has 0 bridgehead atoms. The lowest BCUT2D eigenvalue weighted by atomic mass is 10.0. The van der Waals surface area contributed by atoms with Crippen molar-refractivity contribution in [2.45, 2.75) is 51.4 Å². The standard InChI is InChI=1S/C26H28F3N5O4/c1-12-20(25(36)33-18-9-34(8-17(18)27)26(37)13(2)35)22-23(32-12)21(30-11-31-22)16-7-15(24(28)29)5-6-19(16)38-10-14-3-4-14/h5-7,11,13-14,17-18,24,32,35H,3-4,8-10H2,1-2H3,(H,33,36)/t13-,17+,18+/m0/s1. The van der Waals surface area contributed by atoms with Crippen LogP contribution in [0.5, 0.6) is 5.75 Å². The molecule has 1 aliphatic carbocycles. The van der Waals surface area contributed by atoms with E-state index in [1.54, 1.807) is 6.92 Å². The van der Waals surface area contributed by atoms with Crippen LogP contribution in [0.15, 0.2) is 24.5 Å². The molecule has 9 nitrogen and oxygen atoms in total. The molecular formula is C26H28F3N5O4. The van der Waals surface area contributed by atoms with Crippen LogP contribution in [0.4, 0.5) is 13.2 Å². The van der Waals surface area contributed by atoms with E-state index in [9.17, 15) is 27.9 Å². The normalized spacial score (nSPS) is 20.2. The van der Waals surface area contributed by atoms with E-state index in [0.717, 1.165) is 12.8 Å². The number of hydrogen-bond donors (Lipinski definition) is 3. The van der Waals surface area contributed by atoms with E-state index in [0.29, 0.717) is 40.7 Å². The third-order valence-electron chi connectivity index (χ3n) is 6.91. The Morgan fingerprint density at radius 1 is 1.26 bits per heavy atom. The van der Waals surface area contributed by atoms with Crippen molar-refractivity contribution >= 4 is 22.8 Å². The van der Waals surface area contributed by atoms with Gasteiger partial charge in [0.05, 0.1) is 30.3 Å². The molecule has 1 saturated heterocycles. The number of aryl methyl sites for hydroxylation is 1. The number of aromatic amines is 1. The minimum atomic E-state index is -2.70. The third-order valence-corrected chi connectivity index (χ3v) is 6.91. The molecule has 0 unspecified atom stereocenters. The number of hydrogen-bond acceptors (Lipinski definition) is 6. The zero-order valence-electron chi connectivity index (χ0n) is 20.9. The van der Waals surface area contributed by atoms with Gasteiger partial charge < -0.3 is 25.0 Å². The predicted octanol–water partition coefficient (Wildman–Crippen LogP) is 3.32.